The lowest BCUT2D eigenvalue weighted by Crippen LogP contribution is -2.40. The van der Waals surface area contributed by atoms with E-state index >= 15 is 0 Å². The summed E-state index contributed by atoms with van der Waals surface area (Å²) in [7, 11) is 0. The van der Waals surface area contributed by atoms with Crippen molar-refractivity contribution < 1.29 is 14.3 Å². The highest BCUT2D eigenvalue weighted by molar-refractivity contribution is 5.95. The molecular formula is C21H22N4O3. The van der Waals surface area contributed by atoms with Crippen LogP contribution in [-0.4, -0.2) is 34.2 Å². The standard InChI is InChI=1S/C21H22N4O3/c1-15-5-3-6-19(13-15)28-16(2)21(27)22-14-20(26)24-17-7-9-18(10-8-17)25-12-4-11-23-25/h3-13,16H,14H2,1-2H3,(H,22,27)(H,24,26). The van der Waals surface area contributed by atoms with E-state index in [4.69, 9.17) is 4.74 Å². The number of nitrogens with one attached hydrogen (secondary N) is 2. The summed E-state index contributed by atoms with van der Waals surface area (Å²) in [6.07, 6.45) is 2.83. The highest BCUT2D eigenvalue weighted by Gasteiger charge is 2.15. The minimum atomic E-state index is -0.706. The molecule has 0 radical (unpaired) electrons. The normalized spacial score (nSPS) is 11.5. The van der Waals surface area contributed by atoms with Crippen molar-refractivity contribution in [2.45, 2.75) is 20.0 Å². The second-order valence-electron chi connectivity index (χ2n) is 6.34. The molecule has 0 aliphatic carbocycles. The lowest BCUT2D eigenvalue weighted by atomic mass is 10.2. The highest BCUT2D eigenvalue weighted by atomic mass is 16.5. The molecule has 0 aliphatic rings. The number of nitrogens with zero attached hydrogens (tertiary/aromatic N) is 2. The molecule has 2 N–H and O–H groups in total. The molecule has 0 bridgehead atoms. The Morgan fingerprint density at radius 2 is 1.93 bits per heavy atom. The van der Waals surface area contributed by atoms with Crippen molar-refractivity contribution in [1.29, 1.82) is 0 Å². The van der Waals surface area contributed by atoms with Gasteiger partial charge in [-0.3, -0.25) is 9.59 Å². The first-order valence-electron chi connectivity index (χ1n) is 8.92. The number of anilines is 1. The fourth-order valence-electron chi connectivity index (χ4n) is 2.58. The molecule has 2 aromatic carbocycles. The fourth-order valence-corrected chi connectivity index (χ4v) is 2.58. The monoisotopic (exact) mass is 378 g/mol. The molecule has 0 saturated heterocycles. The van der Waals surface area contributed by atoms with Crippen LogP contribution in [0.5, 0.6) is 5.75 Å². The maximum absolute atomic E-state index is 12.1. The van der Waals surface area contributed by atoms with Gasteiger partial charge in [-0.2, -0.15) is 5.10 Å². The van der Waals surface area contributed by atoms with E-state index in [2.05, 4.69) is 15.7 Å². The predicted molar refractivity (Wildman–Crippen MR) is 106 cm³/mol. The Labute approximate surface area is 163 Å². The van der Waals surface area contributed by atoms with Crippen molar-refractivity contribution in [3.8, 4) is 11.4 Å². The molecule has 1 heterocycles. The zero-order valence-corrected chi connectivity index (χ0v) is 15.8. The largest absolute Gasteiger partial charge is 0.481 e. The number of carbonyl (C=O) groups is 2. The number of carbonyl (C=O) groups excluding carboxylic acids is 2. The summed E-state index contributed by atoms with van der Waals surface area (Å²) in [5.74, 6) is -0.0574. The van der Waals surface area contributed by atoms with Crippen molar-refractivity contribution in [1.82, 2.24) is 15.1 Å². The van der Waals surface area contributed by atoms with E-state index in [1.165, 1.54) is 0 Å². The second-order valence-corrected chi connectivity index (χ2v) is 6.34. The molecule has 2 amide bonds. The topological polar surface area (TPSA) is 85.2 Å². The number of rotatable bonds is 7. The van der Waals surface area contributed by atoms with Crippen molar-refractivity contribution in [3.63, 3.8) is 0 Å². The van der Waals surface area contributed by atoms with Crippen LogP contribution in [-0.2, 0) is 9.59 Å². The number of aryl methyl sites for hydroxylation is 1. The number of benzene rings is 2. The van der Waals surface area contributed by atoms with Crippen LogP contribution < -0.4 is 15.4 Å². The Balaban J connectivity index is 1.46. The first-order chi connectivity index (χ1) is 13.5. The van der Waals surface area contributed by atoms with Gasteiger partial charge in [0.2, 0.25) is 5.91 Å². The quantitative estimate of drug-likeness (QED) is 0.662. The molecule has 28 heavy (non-hydrogen) atoms. The molecule has 3 aromatic rings. The van der Waals surface area contributed by atoms with E-state index in [0.29, 0.717) is 11.4 Å². The highest BCUT2D eigenvalue weighted by Crippen LogP contribution is 2.14. The maximum atomic E-state index is 12.1. The molecule has 0 spiro atoms. The van der Waals surface area contributed by atoms with Gasteiger partial charge >= 0.3 is 0 Å². The summed E-state index contributed by atoms with van der Waals surface area (Å²) in [4.78, 5) is 24.2. The number of ether oxygens (including phenoxy) is 1. The van der Waals surface area contributed by atoms with E-state index in [1.807, 2.05) is 49.5 Å². The van der Waals surface area contributed by atoms with Gasteiger partial charge in [-0.1, -0.05) is 12.1 Å². The first kappa shape index (κ1) is 19.2. The molecule has 0 saturated carbocycles. The van der Waals surface area contributed by atoms with Gasteiger partial charge in [-0.05, 0) is 61.9 Å². The summed E-state index contributed by atoms with van der Waals surface area (Å²) in [5.41, 5.74) is 2.57. The predicted octanol–water partition coefficient (Wildman–Crippen LogP) is 2.70. The van der Waals surface area contributed by atoms with Gasteiger partial charge in [-0.25, -0.2) is 4.68 Å². The van der Waals surface area contributed by atoms with Gasteiger partial charge in [0.25, 0.3) is 5.91 Å². The van der Waals surface area contributed by atoms with Crippen LogP contribution in [0.4, 0.5) is 5.69 Å². The van der Waals surface area contributed by atoms with Crippen LogP contribution in [0.25, 0.3) is 5.69 Å². The lowest BCUT2D eigenvalue weighted by Gasteiger charge is -2.15. The van der Waals surface area contributed by atoms with E-state index in [-0.39, 0.29) is 18.4 Å². The third-order valence-corrected chi connectivity index (χ3v) is 4.01. The van der Waals surface area contributed by atoms with Gasteiger partial charge in [0.05, 0.1) is 12.2 Å². The number of hydrogen-bond donors (Lipinski definition) is 2. The second kappa shape index (κ2) is 8.85. The van der Waals surface area contributed by atoms with Crippen LogP contribution in [0.1, 0.15) is 12.5 Å². The van der Waals surface area contributed by atoms with Crippen molar-refractivity contribution in [3.05, 3.63) is 72.6 Å². The smallest absolute Gasteiger partial charge is 0.261 e. The Hall–Kier alpha value is -3.61. The third-order valence-electron chi connectivity index (χ3n) is 4.01. The minimum absolute atomic E-state index is 0.138. The summed E-state index contributed by atoms with van der Waals surface area (Å²) < 4.78 is 7.33. The molecule has 144 valence electrons. The molecule has 0 fully saturated rings. The Morgan fingerprint density at radius 3 is 2.61 bits per heavy atom. The number of aromatic nitrogens is 2. The molecule has 1 unspecified atom stereocenters. The van der Waals surface area contributed by atoms with Gasteiger partial charge in [0.15, 0.2) is 6.10 Å². The molecule has 7 heteroatoms. The fraction of sp³-hybridized carbons (Fsp3) is 0.190. The summed E-state index contributed by atoms with van der Waals surface area (Å²) in [5, 5.41) is 9.47. The molecule has 1 atom stereocenters. The zero-order valence-electron chi connectivity index (χ0n) is 15.8. The lowest BCUT2D eigenvalue weighted by molar-refractivity contribution is -0.129. The van der Waals surface area contributed by atoms with Crippen LogP contribution >= 0.6 is 0 Å². The molecule has 3 rings (SSSR count). The number of amides is 2. The SMILES string of the molecule is Cc1cccc(OC(C)C(=O)NCC(=O)Nc2ccc(-n3cccn3)cc2)c1. The van der Waals surface area contributed by atoms with Crippen LogP contribution in [0, 0.1) is 6.92 Å². The van der Waals surface area contributed by atoms with E-state index in [1.54, 1.807) is 36.0 Å². The summed E-state index contributed by atoms with van der Waals surface area (Å²) in [6, 6.07) is 16.5. The molecule has 0 aliphatic heterocycles. The van der Waals surface area contributed by atoms with Crippen molar-refractivity contribution in [2.24, 2.45) is 0 Å². The van der Waals surface area contributed by atoms with Gasteiger partial charge < -0.3 is 15.4 Å². The van der Waals surface area contributed by atoms with Crippen LogP contribution in [0.15, 0.2) is 67.0 Å². The third kappa shape index (κ3) is 5.20. The first-order valence-corrected chi connectivity index (χ1v) is 8.92. The summed E-state index contributed by atoms with van der Waals surface area (Å²) in [6.45, 7) is 3.45. The Kier molecular flexibility index (Phi) is 6.06. The summed E-state index contributed by atoms with van der Waals surface area (Å²) >= 11 is 0. The number of hydrogen-bond acceptors (Lipinski definition) is 4. The van der Waals surface area contributed by atoms with Gasteiger partial charge in [-0.15, -0.1) is 0 Å². The molecule has 1 aromatic heterocycles. The van der Waals surface area contributed by atoms with Crippen LogP contribution in [0.3, 0.4) is 0 Å². The maximum Gasteiger partial charge on any atom is 0.261 e. The van der Waals surface area contributed by atoms with Gasteiger partial charge in [0, 0.05) is 18.1 Å². The zero-order chi connectivity index (χ0) is 19.9. The van der Waals surface area contributed by atoms with E-state index < -0.39 is 6.10 Å². The molecular weight excluding hydrogens is 356 g/mol. The van der Waals surface area contributed by atoms with Crippen molar-refractivity contribution in [2.75, 3.05) is 11.9 Å². The Bertz CT molecular complexity index is 937. The van der Waals surface area contributed by atoms with E-state index in [9.17, 15) is 9.59 Å². The van der Waals surface area contributed by atoms with Crippen LogP contribution in [0.2, 0.25) is 0 Å². The van der Waals surface area contributed by atoms with Gasteiger partial charge in [0.1, 0.15) is 5.75 Å². The average Bonchev–Trinajstić information content (AvgIpc) is 3.21. The molecule has 7 nitrogen and oxygen atoms in total. The minimum Gasteiger partial charge on any atom is -0.481 e. The van der Waals surface area contributed by atoms with Crippen molar-refractivity contribution >= 4 is 17.5 Å². The van der Waals surface area contributed by atoms with E-state index in [0.717, 1.165) is 11.3 Å². The Morgan fingerprint density at radius 1 is 1.14 bits per heavy atom. The average molecular weight is 378 g/mol.